The van der Waals surface area contributed by atoms with Crippen molar-refractivity contribution < 1.29 is 47.9 Å². The molecule has 10 heteroatoms. The standard InChI is InChI=1S/C12H20O10/c1-4-17-9(13)20-7-12(16,22-11(15)19-6-3)8-21-10(14)18-5-2/h16H,4-8H2,1-3H3. The van der Waals surface area contributed by atoms with Crippen molar-refractivity contribution in [2.75, 3.05) is 33.0 Å². The minimum atomic E-state index is -2.44. The molecule has 0 aromatic carbocycles. The van der Waals surface area contributed by atoms with Gasteiger partial charge in [-0.15, -0.1) is 0 Å². The Labute approximate surface area is 127 Å². The van der Waals surface area contributed by atoms with Crippen molar-refractivity contribution in [3.05, 3.63) is 0 Å². The van der Waals surface area contributed by atoms with Gasteiger partial charge in [-0.1, -0.05) is 0 Å². The van der Waals surface area contributed by atoms with Crippen LogP contribution < -0.4 is 0 Å². The molecule has 0 fully saturated rings. The summed E-state index contributed by atoms with van der Waals surface area (Å²) in [4.78, 5) is 33.4. The molecule has 0 unspecified atom stereocenters. The fourth-order valence-corrected chi connectivity index (χ4v) is 1.07. The summed E-state index contributed by atoms with van der Waals surface area (Å²) in [5.74, 6) is -2.44. The summed E-state index contributed by atoms with van der Waals surface area (Å²) >= 11 is 0. The first-order valence-corrected chi connectivity index (χ1v) is 6.54. The smallest absolute Gasteiger partial charge is 0.435 e. The van der Waals surface area contributed by atoms with Crippen LogP contribution in [0.5, 0.6) is 0 Å². The van der Waals surface area contributed by atoms with Crippen molar-refractivity contribution in [1.82, 2.24) is 0 Å². The average molecular weight is 324 g/mol. The van der Waals surface area contributed by atoms with Crippen LogP contribution in [-0.4, -0.2) is 62.4 Å². The third-order valence-corrected chi connectivity index (χ3v) is 1.89. The van der Waals surface area contributed by atoms with E-state index in [1.54, 1.807) is 13.8 Å². The van der Waals surface area contributed by atoms with E-state index in [2.05, 4.69) is 28.4 Å². The molecule has 0 rings (SSSR count). The van der Waals surface area contributed by atoms with E-state index >= 15 is 0 Å². The number of carbonyl (C=O) groups excluding carboxylic acids is 3. The van der Waals surface area contributed by atoms with Crippen molar-refractivity contribution >= 4 is 18.5 Å². The van der Waals surface area contributed by atoms with Crippen LogP contribution in [0.2, 0.25) is 0 Å². The van der Waals surface area contributed by atoms with Crippen molar-refractivity contribution in [3.63, 3.8) is 0 Å². The molecule has 0 radical (unpaired) electrons. The SMILES string of the molecule is CCOC(=O)OCC(O)(COC(=O)OCC)OC(=O)OCC. The third-order valence-electron chi connectivity index (χ3n) is 1.89. The van der Waals surface area contributed by atoms with Crippen molar-refractivity contribution in [1.29, 1.82) is 0 Å². The van der Waals surface area contributed by atoms with E-state index < -0.39 is 37.5 Å². The lowest BCUT2D eigenvalue weighted by atomic mass is 10.3. The maximum absolute atomic E-state index is 11.3. The van der Waals surface area contributed by atoms with Crippen LogP contribution >= 0.6 is 0 Å². The number of carbonyl (C=O) groups is 3. The molecule has 0 heterocycles. The van der Waals surface area contributed by atoms with Gasteiger partial charge in [0.25, 0.3) is 5.79 Å². The van der Waals surface area contributed by atoms with Crippen LogP contribution in [0, 0.1) is 0 Å². The average Bonchev–Trinajstić information content (AvgIpc) is 2.44. The van der Waals surface area contributed by atoms with E-state index in [4.69, 9.17) is 0 Å². The quantitative estimate of drug-likeness (QED) is 0.395. The molecule has 0 aliphatic rings. The highest BCUT2D eigenvalue weighted by Crippen LogP contribution is 2.12. The molecule has 0 aliphatic carbocycles. The highest BCUT2D eigenvalue weighted by atomic mass is 16.8. The maximum Gasteiger partial charge on any atom is 0.511 e. The zero-order valence-electron chi connectivity index (χ0n) is 12.7. The molecule has 0 aliphatic heterocycles. The second-order valence-corrected chi connectivity index (χ2v) is 3.67. The Hall–Kier alpha value is -2.23. The second-order valence-electron chi connectivity index (χ2n) is 3.67. The van der Waals surface area contributed by atoms with Gasteiger partial charge in [0.1, 0.15) is 0 Å². The maximum atomic E-state index is 11.3. The van der Waals surface area contributed by atoms with Gasteiger partial charge in [-0.2, -0.15) is 0 Å². The highest BCUT2D eigenvalue weighted by molar-refractivity contribution is 5.62. The normalized spacial score (nSPS) is 10.4. The van der Waals surface area contributed by atoms with E-state index in [-0.39, 0.29) is 19.8 Å². The van der Waals surface area contributed by atoms with Crippen LogP contribution in [0.1, 0.15) is 20.8 Å². The summed E-state index contributed by atoms with van der Waals surface area (Å²) < 4.78 is 27.1. The van der Waals surface area contributed by atoms with Gasteiger partial charge >= 0.3 is 18.5 Å². The van der Waals surface area contributed by atoms with Crippen LogP contribution in [0.4, 0.5) is 14.4 Å². The van der Waals surface area contributed by atoms with Crippen LogP contribution in [0.25, 0.3) is 0 Å². The fraction of sp³-hybridized carbons (Fsp3) is 0.750. The molecule has 1 N–H and O–H groups in total. The lowest BCUT2D eigenvalue weighted by Crippen LogP contribution is -2.45. The first-order chi connectivity index (χ1) is 10.4. The van der Waals surface area contributed by atoms with Crippen LogP contribution in [-0.2, 0) is 28.4 Å². The van der Waals surface area contributed by atoms with Gasteiger partial charge in [0.2, 0.25) is 0 Å². The summed E-state index contributed by atoms with van der Waals surface area (Å²) in [5.41, 5.74) is 0. The minimum absolute atomic E-state index is 0.00756. The van der Waals surface area contributed by atoms with E-state index in [1.807, 2.05) is 0 Å². The summed E-state index contributed by atoms with van der Waals surface area (Å²) in [5, 5.41) is 10.1. The molecule has 0 amide bonds. The number of hydrogen-bond acceptors (Lipinski definition) is 10. The molecule has 0 spiro atoms. The first kappa shape index (κ1) is 19.8. The van der Waals surface area contributed by atoms with Gasteiger partial charge in [0.05, 0.1) is 19.8 Å². The molecular weight excluding hydrogens is 304 g/mol. The monoisotopic (exact) mass is 324 g/mol. The summed E-state index contributed by atoms with van der Waals surface area (Å²) in [7, 11) is 0. The molecule has 0 saturated heterocycles. The Bertz CT molecular complexity index is 345. The third kappa shape index (κ3) is 8.84. The Morgan fingerprint density at radius 3 is 1.45 bits per heavy atom. The topological polar surface area (TPSA) is 127 Å². The second kappa shape index (κ2) is 10.5. The minimum Gasteiger partial charge on any atom is -0.435 e. The molecule has 0 saturated carbocycles. The van der Waals surface area contributed by atoms with Gasteiger partial charge in [-0.3, -0.25) is 0 Å². The van der Waals surface area contributed by atoms with Gasteiger partial charge in [-0.05, 0) is 20.8 Å². The van der Waals surface area contributed by atoms with Gasteiger partial charge in [-0.25, -0.2) is 14.4 Å². The molecular formula is C12H20O10. The zero-order valence-corrected chi connectivity index (χ0v) is 12.7. The zero-order chi connectivity index (χ0) is 17.0. The summed E-state index contributed by atoms with van der Waals surface area (Å²) in [6, 6.07) is 0. The summed E-state index contributed by atoms with van der Waals surface area (Å²) in [6.07, 6.45) is -3.42. The van der Waals surface area contributed by atoms with Gasteiger partial charge in [0, 0.05) is 0 Å². The molecule has 0 aromatic heterocycles. The van der Waals surface area contributed by atoms with Crippen molar-refractivity contribution in [3.8, 4) is 0 Å². The van der Waals surface area contributed by atoms with Crippen LogP contribution in [0.3, 0.4) is 0 Å². The predicted octanol–water partition coefficient (Wildman–Crippen LogP) is 1.19. The number of aliphatic hydroxyl groups is 1. The summed E-state index contributed by atoms with van der Waals surface area (Å²) in [6.45, 7) is 3.05. The predicted molar refractivity (Wildman–Crippen MR) is 69.0 cm³/mol. The number of hydrogen-bond donors (Lipinski definition) is 1. The lowest BCUT2D eigenvalue weighted by molar-refractivity contribution is -0.222. The molecule has 128 valence electrons. The van der Waals surface area contributed by atoms with Crippen molar-refractivity contribution in [2.45, 2.75) is 26.6 Å². The fourth-order valence-electron chi connectivity index (χ4n) is 1.07. The van der Waals surface area contributed by atoms with E-state index in [9.17, 15) is 19.5 Å². The van der Waals surface area contributed by atoms with E-state index in [0.29, 0.717) is 0 Å². The molecule has 10 nitrogen and oxygen atoms in total. The Morgan fingerprint density at radius 2 is 1.09 bits per heavy atom. The van der Waals surface area contributed by atoms with E-state index in [0.717, 1.165) is 0 Å². The Morgan fingerprint density at radius 1 is 0.727 bits per heavy atom. The van der Waals surface area contributed by atoms with E-state index in [1.165, 1.54) is 6.92 Å². The Kier molecular flexibility index (Phi) is 9.43. The highest BCUT2D eigenvalue weighted by Gasteiger charge is 2.37. The first-order valence-electron chi connectivity index (χ1n) is 6.54. The largest absolute Gasteiger partial charge is 0.511 e. The van der Waals surface area contributed by atoms with Gasteiger partial charge in [0.15, 0.2) is 13.2 Å². The lowest BCUT2D eigenvalue weighted by Gasteiger charge is -2.25. The molecule has 0 aromatic rings. The Balaban J connectivity index is 4.62. The molecule has 0 atom stereocenters. The van der Waals surface area contributed by atoms with Gasteiger partial charge < -0.3 is 33.5 Å². The molecule has 22 heavy (non-hydrogen) atoms. The number of rotatable bonds is 8. The molecule has 0 bridgehead atoms. The van der Waals surface area contributed by atoms with Crippen LogP contribution in [0.15, 0.2) is 0 Å². The number of ether oxygens (including phenoxy) is 6. The van der Waals surface area contributed by atoms with Crippen molar-refractivity contribution in [2.24, 2.45) is 0 Å².